The zero-order valence-electron chi connectivity index (χ0n) is 21.4. The maximum absolute atomic E-state index is 13.2. The van der Waals surface area contributed by atoms with Crippen LogP contribution in [-0.2, 0) is 23.9 Å². The Hall–Kier alpha value is -4.05. The number of carbonyl (C=O) groups excluding carboxylic acids is 5. The maximum Gasteiger partial charge on any atom is 0.338 e. The van der Waals surface area contributed by atoms with Crippen LogP contribution in [0.15, 0.2) is 48.5 Å². The summed E-state index contributed by atoms with van der Waals surface area (Å²) in [4.78, 5) is 65.9. The first-order chi connectivity index (χ1) is 18.3. The smallest absolute Gasteiger partial charge is 0.338 e. The number of likely N-dealkylation sites (tertiary alicyclic amines) is 1. The predicted molar refractivity (Wildman–Crippen MR) is 136 cm³/mol. The number of hydrogen-bond acceptors (Lipinski definition) is 9. The van der Waals surface area contributed by atoms with Crippen molar-refractivity contribution in [1.82, 2.24) is 4.90 Å². The molecule has 0 aromatic heterocycles. The number of Topliss-reactive ketones (excluding diaryl/α,β-unsaturated/α-hetero) is 1. The third kappa shape index (κ3) is 5.91. The van der Waals surface area contributed by atoms with Crippen molar-refractivity contribution in [3.8, 4) is 5.75 Å². The molecular weight excluding hydrogens is 492 g/mol. The summed E-state index contributed by atoms with van der Waals surface area (Å²) in [6.07, 6.45) is 1.45. The normalized spacial score (nSPS) is 19.8. The van der Waals surface area contributed by atoms with Crippen molar-refractivity contribution in [3.63, 3.8) is 0 Å². The molecule has 200 valence electrons. The lowest BCUT2D eigenvalue weighted by Crippen LogP contribution is -2.48. The first-order valence-electron chi connectivity index (χ1n) is 12.5. The SMILES string of the molecule is CCOC(=O)C1CCCN(C2CC(=O)N(c3ccc(C(=O)OCC(=O)c4ccc(OC)cc4)cc3)C2=O)C1. The second-order valence-electron chi connectivity index (χ2n) is 9.15. The summed E-state index contributed by atoms with van der Waals surface area (Å²) in [6.45, 7) is 2.61. The van der Waals surface area contributed by atoms with E-state index in [0.717, 1.165) is 11.3 Å². The van der Waals surface area contributed by atoms with Crippen molar-refractivity contribution in [3.05, 3.63) is 59.7 Å². The highest BCUT2D eigenvalue weighted by Gasteiger charge is 2.44. The first-order valence-corrected chi connectivity index (χ1v) is 12.5. The fraction of sp³-hybridized carbons (Fsp3) is 0.393. The zero-order chi connectivity index (χ0) is 27.2. The number of rotatable bonds is 9. The Morgan fingerprint density at radius 3 is 2.29 bits per heavy atom. The number of piperidine rings is 1. The molecule has 2 aromatic rings. The number of benzene rings is 2. The van der Waals surface area contributed by atoms with Crippen LogP contribution in [-0.4, -0.2) is 73.9 Å². The largest absolute Gasteiger partial charge is 0.497 e. The van der Waals surface area contributed by atoms with E-state index in [2.05, 4.69) is 0 Å². The molecule has 2 amide bonds. The van der Waals surface area contributed by atoms with E-state index in [1.807, 2.05) is 4.90 Å². The Morgan fingerprint density at radius 1 is 0.947 bits per heavy atom. The minimum atomic E-state index is -0.700. The summed E-state index contributed by atoms with van der Waals surface area (Å²) in [7, 11) is 1.52. The van der Waals surface area contributed by atoms with Crippen LogP contribution in [0.5, 0.6) is 5.75 Å². The lowest BCUT2D eigenvalue weighted by Gasteiger charge is -2.34. The molecular formula is C28H30N2O8. The fourth-order valence-electron chi connectivity index (χ4n) is 4.74. The number of methoxy groups -OCH3 is 1. The third-order valence-electron chi connectivity index (χ3n) is 6.74. The van der Waals surface area contributed by atoms with Gasteiger partial charge < -0.3 is 14.2 Å². The minimum absolute atomic E-state index is 0.0195. The van der Waals surface area contributed by atoms with Gasteiger partial charge in [0, 0.05) is 12.1 Å². The fourth-order valence-corrected chi connectivity index (χ4v) is 4.74. The van der Waals surface area contributed by atoms with Crippen molar-refractivity contribution < 1.29 is 38.2 Å². The molecule has 0 aliphatic carbocycles. The average Bonchev–Trinajstić information content (AvgIpc) is 3.25. The van der Waals surface area contributed by atoms with Crippen LogP contribution >= 0.6 is 0 Å². The second kappa shape index (κ2) is 12.0. The number of ketones is 1. The number of nitrogens with zero attached hydrogens (tertiary/aromatic N) is 2. The van der Waals surface area contributed by atoms with E-state index in [9.17, 15) is 24.0 Å². The van der Waals surface area contributed by atoms with E-state index >= 15 is 0 Å². The maximum atomic E-state index is 13.2. The number of anilines is 1. The van der Waals surface area contributed by atoms with Crippen LogP contribution in [0, 0.1) is 5.92 Å². The van der Waals surface area contributed by atoms with Crippen LogP contribution in [0.2, 0.25) is 0 Å². The van der Waals surface area contributed by atoms with E-state index in [4.69, 9.17) is 14.2 Å². The van der Waals surface area contributed by atoms with Gasteiger partial charge in [0.15, 0.2) is 12.4 Å². The van der Waals surface area contributed by atoms with Gasteiger partial charge in [-0.25, -0.2) is 9.69 Å². The molecule has 0 saturated carbocycles. The molecule has 10 nitrogen and oxygen atoms in total. The Balaban J connectivity index is 1.35. The van der Waals surface area contributed by atoms with Gasteiger partial charge >= 0.3 is 11.9 Å². The van der Waals surface area contributed by atoms with Gasteiger partial charge in [-0.05, 0) is 74.8 Å². The molecule has 0 spiro atoms. The van der Waals surface area contributed by atoms with Crippen LogP contribution in [0.4, 0.5) is 5.69 Å². The van der Waals surface area contributed by atoms with Gasteiger partial charge in [0.25, 0.3) is 5.91 Å². The molecule has 2 saturated heterocycles. The number of imide groups is 1. The summed E-state index contributed by atoms with van der Waals surface area (Å²) in [5.74, 6) is -1.76. The molecule has 2 atom stereocenters. The number of hydrogen-bond donors (Lipinski definition) is 0. The lowest BCUT2D eigenvalue weighted by atomic mass is 9.96. The molecule has 0 radical (unpaired) electrons. The van der Waals surface area contributed by atoms with E-state index in [1.165, 1.54) is 31.4 Å². The summed E-state index contributed by atoms with van der Waals surface area (Å²) in [6, 6.07) is 11.7. The minimum Gasteiger partial charge on any atom is -0.497 e. The Labute approximate surface area is 220 Å². The quantitative estimate of drug-likeness (QED) is 0.278. The highest BCUT2D eigenvalue weighted by atomic mass is 16.5. The van der Waals surface area contributed by atoms with E-state index in [-0.39, 0.29) is 41.5 Å². The molecule has 38 heavy (non-hydrogen) atoms. The van der Waals surface area contributed by atoms with Crippen molar-refractivity contribution in [2.75, 3.05) is 38.3 Å². The molecule has 4 rings (SSSR count). The first kappa shape index (κ1) is 27.0. The Morgan fingerprint density at radius 2 is 1.63 bits per heavy atom. The Bertz CT molecular complexity index is 1210. The lowest BCUT2D eigenvalue weighted by molar-refractivity contribution is -0.150. The monoisotopic (exact) mass is 522 g/mol. The topological polar surface area (TPSA) is 120 Å². The van der Waals surface area contributed by atoms with Crippen LogP contribution < -0.4 is 9.64 Å². The number of esters is 2. The molecule has 2 fully saturated rings. The van der Waals surface area contributed by atoms with Gasteiger partial charge in [0.05, 0.1) is 43.3 Å². The molecule has 10 heteroatoms. The molecule has 2 aliphatic heterocycles. The van der Waals surface area contributed by atoms with Crippen LogP contribution in [0.3, 0.4) is 0 Å². The van der Waals surface area contributed by atoms with E-state index in [0.29, 0.717) is 43.1 Å². The molecule has 0 bridgehead atoms. The van der Waals surface area contributed by atoms with Crippen molar-refractivity contribution >= 4 is 35.2 Å². The van der Waals surface area contributed by atoms with Crippen molar-refractivity contribution in [2.24, 2.45) is 5.92 Å². The molecule has 0 N–H and O–H groups in total. The molecule has 2 heterocycles. The predicted octanol–water partition coefficient (Wildman–Crippen LogP) is 2.64. The number of carbonyl (C=O) groups is 5. The van der Waals surface area contributed by atoms with Gasteiger partial charge in [-0.3, -0.25) is 24.1 Å². The van der Waals surface area contributed by atoms with E-state index in [1.54, 1.807) is 31.2 Å². The van der Waals surface area contributed by atoms with Crippen LogP contribution in [0.25, 0.3) is 0 Å². The molecule has 2 aromatic carbocycles. The van der Waals surface area contributed by atoms with Gasteiger partial charge in [0.1, 0.15) is 5.75 Å². The standard InChI is InChI=1S/C28H30N2O8/c1-3-37-28(35)20-5-4-14-29(16-20)23-15-25(32)30(26(23)33)21-10-6-19(7-11-21)27(34)38-17-24(31)18-8-12-22(36-2)13-9-18/h6-13,20,23H,3-5,14-17H2,1-2H3. The summed E-state index contributed by atoms with van der Waals surface area (Å²) < 4.78 is 15.3. The number of ether oxygens (including phenoxy) is 3. The van der Waals surface area contributed by atoms with Gasteiger partial charge in [-0.2, -0.15) is 0 Å². The summed E-state index contributed by atoms with van der Waals surface area (Å²) in [5.41, 5.74) is 0.907. The highest BCUT2D eigenvalue weighted by molar-refractivity contribution is 6.22. The van der Waals surface area contributed by atoms with Crippen molar-refractivity contribution in [2.45, 2.75) is 32.2 Å². The number of amides is 2. The third-order valence-corrected chi connectivity index (χ3v) is 6.74. The van der Waals surface area contributed by atoms with Gasteiger partial charge in [-0.15, -0.1) is 0 Å². The molecule has 2 aliphatic rings. The van der Waals surface area contributed by atoms with Gasteiger partial charge in [-0.1, -0.05) is 0 Å². The highest BCUT2D eigenvalue weighted by Crippen LogP contribution is 2.29. The second-order valence-corrected chi connectivity index (χ2v) is 9.15. The van der Waals surface area contributed by atoms with Gasteiger partial charge in [0.2, 0.25) is 5.91 Å². The average molecular weight is 523 g/mol. The zero-order valence-corrected chi connectivity index (χ0v) is 21.4. The summed E-state index contributed by atoms with van der Waals surface area (Å²) >= 11 is 0. The van der Waals surface area contributed by atoms with Crippen molar-refractivity contribution in [1.29, 1.82) is 0 Å². The summed E-state index contributed by atoms with van der Waals surface area (Å²) in [5, 5.41) is 0. The van der Waals surface area contributed by atoms with E-state index < -0.39 is 18.6 Å². The Kier molecular flexibility index (Phi) is 8.52. The molecule has 2 unspecified atom stereocenters. The van der Waals surface area contributed by atoms with Crippen LogP contribution in [0.1, 0.15) is 46.9 Å².